The maximum Gasteiger partial charge on any atom is 0.101 e. The lowest BCUT2D eigenvalue weighted by atomic mass is 9.82. The van der Waals surface area contributed by atoms with Gasteiger partial charge in [-0.2, -0.15) is 15.3 Å². The van der Waals surface area contributed by atoms with Crippen LogP contribution < -0.4 is 5.01 Å². The molecule has 5 rings (SSSR count). The van der Waals surface area contributed by atoms with E-state index in [1.165, 1.54) is 6.42 Å². The lowest BCUT2D eigenvalue weighted by molar-refractivity contribution is 0.242. The summed E-state index contributed by atoms with van der Waals surface area (Å²) in [5.74, 6) is 1.18. The molecule has 0 spiro atoms. The summed E-state index contributed by atoms with van der Waals surface area (Å²) >= 11 is 0. The molecular formula is C13H13N5. The SMILES string of the molecule is c1ccc(N2N=N[C@H]3[C@H]4C[C@H]([C@@H]5N=N[C@H]45)[C@H]32)cc1. The van der Waals surface area contributed by atoms with Crippen LogP contribution >= 0.6 is 0 Å². The van der Waals surface area contributed by atoms with E-state index < -0.39 is 0 Å². The van der Waals surface area contributed by atoms with E-state index in [1.807, 2.05) is 6.07 Å². The van der Waals surface area contributed by atoms with Crippen LogP contribution in [0.2, 0.25) is 0 Å². The number of hydrogen-bond donors (Lipinski definition) is 0. The highest BCUT2D eigenvalue weighted by Crippen LogP contribution is 2.56. The number of fused-ring (bicyclic) bond motifs is 8. The van der Waals surface area contributed by atoms with Crippen LogP contribution in [0.3, 0.4) is 0 Å². The Morgan fingerprint density at radius 3 is 2.44 bits per heavy atom. The minimum Gasteiger partial charge on any atom is -0.242 e. The Hall–Kier alpha value is -1.78. The van der Waals surface area contributed by atoms with Gasteiger partial charge in [0.15, 0.2) is 0 Å². The first-order chi connectivity index (χ1) is 8.93. The van der Waals surface area contributed by atoms with E-state index in [0.717, 1.165) is 5.69 Å². The van der Waals surface area contributed by atoms with Gasteiger partial charge in [-0.1, -0.05) is 23.4 Å². The van der Waals surface area contributed by atoms with Gasteiger partial charge in [0.25, 0.3) is 0 Å². The molecule has 6 atom stereocenters. The highest BCUT2D eigenvalue weighted by molar-refractivity contribution is 5.49. The normalized spacial score (nSPS) is 46.1. The monoisotopic (exact) mass is 239 g/mol. The number of nitrogens with zero attached hydrogens (tertiary/aromatic N) is 5. The predicted molar refractivity (Wildman–Crippen MR) is 65.4 cm³/mol. The van der Waals surface area contributed by atoms with E-state index in [0.29, 0.717) is 36.0 Å². The van der Waals surface area contributed by atoms with Gasteiger partial charge in [-0.05, 0) is 18.6 Å². The molecule has 0 amide bonds. The molecular weight excluding hydrogens is 226 g/mol. The molecule has 0 unspecified atom stereocenters. The molecule has 0 aromatic heterocycles. The summed E-state index contributed by atoms with van der Waals surface area (Å²) in [5, 5.41) is 19.6. The summed E-state index contributed by atoms with van der Waals surface area (Å²) in [5.41, 5.74) is 1.15. The summed E-state index contributed by atoms with van der Waals surface area (Å²) < 4.78 is 0. The fourth-order valence-electron chi connectivity index (χ4n) is 4.14. The van der Waals surface area contributed by atoms with Crippen LogP contribution in [-0.4, -0.2) is 24.2 Å². The lowest BCUT2D eigenvalue weighted by Gasteiger charge is -2.38. The van der Waals surface area contributed by atoms with Crippen molar-refractivity contribution in [1.82, 2.24) is 0 Å². The summed E-state index contributed by atoms with van der Waals surface area (Å²) in [6.07, 6.45) is 1.22. The summed E-state index contributed by atoms with van der Waals surface area (Å²) in [7, 11) is 0. The van der Waals surface area contributed by atoms with Crippen LogP contribution in [0.15, 0.2) is 50.9 Å². The van der Waals surface area contributed by atoms with Crippen molar-refractivity contribution in [2.75, 3.05) is 5.01 Å². The predicted octanol–water partition coefficient (Wildman–Crippen LogP) is 2.46. The molecule has 1 aromatic rings. The zero-order valence-electron chi connectivity index (χ0n) is 9.79. The van der Waals surface area contributed by atoms with E-state index in [9.17, 15) is 0 Å². The van der Waals surface area contributed by atoms with Gasteiger partial charge in [-0.25, -0.2) is 5.01 Å². The van der Waals surface area contributed by atoms with Crippen molar-refractivity contribution in [2.45, 2.75) is 30.6 Å². The van der Waals surface area contributed by atoms with Crippen molar-refractivity contribution in [3.8, 4) is 0 Å². The highest BCUT2D eigenvalue weighted by atomic mass is 15.6. The van der Waals surface area contributed by atoms with Crippen molar-refractivity contribution in [2.24, 2.45) is 32.4 Å². The Bertz CT molecular complexity index is 554. The number of benzene rings is 1. The number of azo groups is 1. The molecule has 2 saturated carbocycles. The number of para-hydroxylation sites is 1. The molecule has 0 saturated heterocycles. The Morgan fingerprint density at radius 2 is 1.67 bits per heavy atom. The molecule has 90 valence electrons. The zero-order chi connectivity index (χ0) is 11.7. The summed E-state index contributed by atoms with van der Waals surface area (Å²) in [6.45, 7) is 0. The van der Waals surface area contributed by atoms with Crippen LogP contribution in [0.25, 0.3) is 0 Å². The van der Waals surface area contributed by atoms with Crippen LogP contribution in [-0.2, 0) is 0 Å². The van der Waals surface area contributed by atoms with Crippen LogP contribution in [0.1, 0.15) is 6.42 Å². The molecule has 2 fully saturated rings. The molecule has 0 N–H and O–H groups in total. The third-order valence-corrected chi connectivity index (χ3v) is 4.92. The maximum absolute atomic E-state index is 4.51. The topological polar surface area (TPSA) is 52.7 Å². The average molecular weight is 239 g/mol. The van der Waals surface area contributed by atoms with E-state index in [4.69, 9.17) is 0 Å². The molecule has 2 aliphatic heterocycles. The fourth-order valence-corrected chi connectivity index (χ4v) is 4.14. The summed E-state index contributed by atoms with van der Waals surface area (Å²) in [4.78, 5) is 0. The minimum atomic E-state index is 0.343. The van der Waals surface area contributed by atoms with E-state index in [-0.39, 0.29) is 0 Å². The Morgan fingerprint density at radius 1 is 0.889 bits per heavy atom. The molecule has 1 aromatic carbocycles. The van der Waals surface area contributed by atoms with Crippen molar-refractivity contribution >= 4 is 5.69 Å². The maximum atomic E-state index is 4.51. The number of rotatable bonds is 1. The second kappa shape index (κ2) is 2.96. The quantitative estimate of drug-likeness (QED) is 0.742. The molecule has 2 heterocycles. The first-order valence-electron chi connectivity index (χ1n) is 6.58. The Kier molecular flexibility index (Phi) is 1.51. The minimum absolute atomic E-state index is 0.343. The molecule has 18 heavy (non-hydrogen) atoms. The molecule has 2 bridgehead atoms. The first-order valence-corrected chi connectivity index (χ1v) is 6.58. The average Bonchev–Trinajstić information content (AvgIpc) is 2.98. The van der Waals surface area contributed by atoms with Gasteiger partial charge in [-0.15, -0.1) is 0 Å². The standard InChI is InChI=1S/C13H13N5/c1-2-4-7(5-3-1)18-13-9-6-8(12(13)16-17-18)10-11(9)15-14-10/h1-5,8-13H,6H2/t8-,9+,10+,11-,12-,13+/m0/s1. The van der Waals surface area contributed by atoms with Gasteiger partial charge in [-0.3, -0.25) is 0 Å². The van der Waals surface area contributed by atoms with Gasteiger partial charge in [0.1, 0.15) is 18.1 Å². The number of hydrogen-bond acceptors (Lipinski definition) is 5. The van der Waals surface area contributed by atoms with Gasteiger partial charge in [0, 0.05) is 11.8 Å². The fraction of sp³-hybridized carbons (Fsp3) is 0.538. The molecule has 0 radical (unpaired) electrons. The smallest absolute Gasteiger partial charge is 0.101 e. The van der Waals surface area contributed by atoms with Crippen molar-refractivity contribution in [3.63, 3.8) is 0 Å². The van der Waals surface area contributed by atoms with Gasteiger partial charge in [0.2, 0.25) is 0 Å². The molecule has 4 aliphatic rings. The Balaban J connectivity index is 1.55. The van der Waals surface area contributed by atoms with Crippen molar-refractivity contribution in [3.05, 3.63) is 30.3 Å². The largest absolute Gasteiger partial charge is 0.242 e. The van der Waals surface area contributed by atoms with E-state index in [1.54, 1.807) is 0 Å². The zero-order valence-corrected chi connectivity index (χ0v) is 9.79. The second-order valence-corrected chi connectivity index (χ2v) is 5.64. The first kappa shape index (κ1) is 9.19. The lowest BCUT2D eigenvalue weighted by Crippen LogP contribution is -2.52. The highest BCUT2D eigenvalue weighted by Gasteiger charge is 2.65. The van der Waals surface area contributed by atoms with Gasteiger partial charge in [0.05, 0.1) is 11.7 Å². The third kappa shape index (κ3) is 0.911. The van der Waals surface area contributed by atoms with Gasteiger partial charge < -0.3 is 0 Å². The van der Waals surface area contributed by atoms with E-state index >= 15 is 0 Å². The van der Waals surface area contributed by atoms with Crippen LogP contribution in [0, 0.1) is 11.8 Å². The molecule has 5 nitrogen and oxygen atoms in total. The molecule has 2 aliphatic carbocycles. The van der Waals surface area contributed by atoms with Crippen molar-refractivity contribution < 1.29 is 0 Å². The molecule has 5 heteroatoms. The van der Waals surface area contributed by atoms with Crippen molar-refractivity contribution in [1.29, 1.82) is 0 Å². The van der Waals surface area contributed by atoms with E-state index in [2.05, 4.69) is 49.8 Å². The number of anilines is 1. The second-order valence-electron chi connectivity index (χ2n) is 5.64. The van der Waals surface area contributed by atoms with Crippen LogP contribution in [0.4, 0.5) is 5.69 Å². The van der Waals surface area contributed by atoms with Gasteiger partial charge >= 0.3 is 0 Å². The third-order valence-electron chi connectivity index (χ3n) is 4.92. The Labute approximate surface area is 105 Å². The van der Waals surface area contributed by atoms with Crippen LogP contribution in [0.5, 0.6) is 0 Å². The summed E-state index contributed by atoms with van der Waals surface area (Å²) in [6, 6.07) is 12.0.